The quantitative estimate of drug-likeness (QED) is 0.880. The van der Waals surface area contributed by atoms with Crippen LogP contribution in [-0.4, -0.2) is 24.6 Å². The zero-order valence-electron chi connectivity index (χ0n) is 9.40. The maximum Gasteiger partial charge on any atom is 0.0822 e. The van der Waals surface area contributed by atoms with Crippen molar-refractivity contribution in [3.05, 3.63) is 23.5 Å². The molecular weight excluding hydrogens is 222 g/mol. The van der Waals surface area contributed by atoms with Crippen LogP contribution in [0.1, 0.15) is 19.3 Å². The van der Waals surface area contributed by atoms with E-state index in [4.69, 9.17) is 17.3 Å². The summed E-state index contributed by atoms with van der Waals surface area (Å²) in [6.07, 6.45) is 7.14. The molecule has 1 aliphatic heterocycles. The number of hydrogen-bond acceptors (Lipinski definition) is 3. The van der Waals surface area contributed by atoms with Crippen LogP contribution in [0.25, 0.3) is 0 Å². The summed E-state index contributed by atoms with van der Waals surface area (Å²) in [4.78, 5) is 6.37. The molecule has 4 heteroatoms. The molecule has 1 unspecified atom stereocenters. The minimum Gasteiger partial charge on any atom is -0.370 e. The SMILES string of the molecule is NCCC1CCCN(c2ccncc2Cl)C1. The average Bonchev–Trinajstić information content (AvgIpc) is 2.30. The number of nitrogens with two attached hydrogens (primary N) is 1. The molecule has 1 saturated heterocycles. The third-order valence-electron chi connectivity index (χ3n) is 3.19. The Bertz CT molecular complexity index is 341. The molecule has 16 heavy (non-hydrogen) atoms. The van der Waals surface area contributed by atoms with Crippen LogP contribution in [0.5, 0.6) is 0 Å². The van der Waals surface area contributed by atoms with Gasteiger partial charge in [0.2, 0.25) is 0 Å². The van der Waals surface area contributed by atoms with Gasteiger partial charge in [-0.25, -0.2) is 0 Å². The van der Waals surface area contributed by atoms with Crippen molar-refractivity contribution in [2.75, 3.05) is 24.5 Å². The largest absolute Gasteiger partial charge is 0.370 e. The van der Waals surface area contributed by atoms with Crippen molar-refractivity contribution in [3.63, 3.8) is 0 Å². The van der Waals surface area contributed by atoms with Crippen LogP contribution in [-0.2, 0) is 0 Å². The first-order valence-electron chi connectivity index (χ1n) is 5.86. The lowest BCUT2D eigenvalue weighted by Gasteiger charge is -2.34. The van der Waals surface area contributed by atoms with Gasteiger partial charge in [0.1, 0.15) is 0 Å². The molecule has 0 amide bonds. The predicted molar refractivity (Wildman–Crippen MR) is 67.9 cm³/mol. The van der Waals surface area contributed by atoms with Gasteiger partial charge < -0.3 is 10.6 Å². The molecule has 1 aromatic heterocycles. The summed E-state index contributed by atoms with van der Waals surface area (Å²) in [5.41, 5.74) is 6.73. The van der Waals surface area contributed by atoms with E-state index in [-0.39, 0.29) is 0 Å². The molecule has 2 rings (SSSR count). The van der Waals surface area contributed by atoms with Gasteiger partial charge in [-0.2, -0.15) is 0 Å². The number of rotatable bonds is 3. The summed E-state index contributed by atoms with van der Waals surface area (Å²) in [7, 11) is 0. The van der Waals surface area contributed by atoms with Gasteiger partial charge in [0.15, 0.2) is 0 Å². The lowest BCUT2D eigenvalue weighted by atomic mass is 9.94. The fourth-order valence-electron chi connectivity index (χ4n) is 2.38. The van der Waals surface area contributed by atoms with Crippen molar-refractivity contribution in [1.82, 2.24) is 4.98 Å². The normalized spacial score (nSPS) is 21.1. The Morgan fingerprint density at radius 2 is 2.44 bits per heavy atom. The van der Waals surface area contributed by atoms with E-state index in [1.165, 1.54) is 12.8 Å². The van der Waals surface area contributed by atoms with Crippen LogP contribution in [0.3, 0.4) is 0 Å². The number of aromatic nitrogens is 1. The average molecular weight is 240 g/mol. The fraction of sp³-hybridized carbons (Fsp3) is 0.583. The maximum atomic E-state index is 6.15. The van der Waals surface area contributed by atoms with Crippen LogP contribution in [0, 0.1) is 5.92 Å². The highest BCUT2D eigenvalue weighted by atomic mass is 35.5. The molecular formula is C12H18ClN3. The molecule has 3 nitrogen and oxygen atoms in total. The highest BCUT2D eigenvalue weighted by Crippen LogP contribution is 2.29. The van der Waals surface area contributed by atoms with Crippen molar-refractivity contribution >= 4 is 17.3 Å². The van der Waals surface area contributed by atoms with Crippen molar-refractivity contribution in [2.45, 2.75) is 19.3 Å². The third-order valence-corrected chi connectivity index (χ3v) is 3.48. The lowest BCUT2D eigenvalue weighted by molar-refractivity contribution is 0.396. The van der Waals surface area contributed by atoms with Crippen molar-refractivity contribution in [3.8, 4) is 0 Å². The van der Waals surface area contributed by atoms with E-state index in [1.54, 1.807) is 12.4 Å². The second kappa shape index (κ2) is 5.51. The Hall–Kier alpha value is -0.800. The molecule has 0 saturated carbocycles. The predicted octanol–water partition coefficient (Wildman–Crippen LogP) is 2.30. The van der Waals surface area contributed by atoms with E-state index in [9.17, 15) is 0 Å². The molecule has 0 bridgehead atoms. The topological polar surface area (TPSA) is 42.1 Å². The number of anilines is 1. The van der Waals surface area contributed by atoms with E-state index in [1.807, 2.05) is 6.07 Å². The molecule has 0 spiro atoms. The minimum atomic E-state index is 0.711. The lowest BCUT2D eigenvalue weighted by Crippen LogP contribution is -2.36. The zero-order valence-corrected chi connectivity index (χ0v) is 10.2. The van der Waals surface area contributed by atoms with Gasteiger partial charge in [-0.05, 0) is 37.8 Å². The Morgan fingerprint density at radius 3 is 3.19 bits per heavy atom. The van der Waals surface area contributed by atoms with Crippen molar-refractivity contribution in [2.24, 2.45) is 11.7 Å². The Labute approximate surface area is 102 Å². The Morgan fingerprint density at radius 1 is 1.56 bits per heavy atom. The van der Waals surface area contributed by atoms with Crippen LogP contribution in [0.4, 0.5) is 5.69 Å². The molecule has 1 atom stereocenters. The van der Waals surface area contributed by atoms with Gasteiger partial charge in [0.25, 0.3) is 0 Å². The summed E-state index contributed by atoms with van der Waals surface area (Å²) in [5, 5.41) is 0.746. The summed E-state index contributed by atoms with van der Waals surface area (Å²) in [6, 6.07) is 1.99. The van der Waals surface area contributed by atoms with Gasteiger partial charge in [-0.15, -0.1) is 0 Å². The van der Waals surface area contributed by atoms with Crippen LogP contribution < -0.4 is 10.6 Å². The Balaban J connectivity index is 2.07. The van der Waals surface area contributed by atoms with Gasteiger partial charge in [-0.3, -0.25) is 4.98 Å². The number of halogens is 1. The van der Waals surface area contributed by atoms with Gasteiger partial charge >= 0.3 is 0 Å². The number of nitrogens with zero attached hydrogens (tertiary/aromatic N) is 2. The number of hydrogen-bond donors (Lipinski definition) is 1. The molecule has 1 aliphatic rings. The third kappa shape index (κ3) is 2.66. The maximum absolute atomic E-state index is 6.15. The molecule has 0 radical (unpaired) electrons. The van der Waals surface area contributed by atoms with Crippen LogP contribution >= 0.6 is 11.6 Å². The monoisotopic (exact) mass is 239 g/mol. The summed E-state index contributed by atoms with van der Waals surface area (Å²) in [6.45, 7) is 2.94. The summed E-state index contributed by atoms with van der Waals surface area (Å²) < 4.78 is 0. The highest BCUT2D eigenvalue weighted by Gasteiger charge is 2.20. The van der Waals surface area contributed by atoms with E-state index in [2.05, 4.69) is 9.88 Å². The van der Waals surface area contributed by atoms with Crippen molar-refractivity contribution in [1.29, 1.82) is 0 Å². The Kier molecular flexibility index (Phi) is 4.02. The fourth-order valence-corrected chi connectivity index (χ4v) is 2.62. The minimum absolute atomic E-state index is 0.711. The van der Waals surface area contributed by atoms with E-state index in [0.717, 1.165) is 36.8 Å². The molecule has 0 aliphatic carbocycles. The van der Waals surface area contributed by atoms with Crippen molar-refractivity contribution < 1.29 is 0 Å². The smallest absolute Gasteiger partial charge is 0.0822 e. The highest BCUT2D eigenvalue weighted by molar-refractivity contribution is 6.33. The summed E-state index contributed by atoms with van der Waals surface area (Å²) >= 11 is 6.15. The molecule has 1 fully saturated rings. The number of piperidine rings is 1. The first-order valence-corrected chi connectivity index (χ1v) is 6.23. The van der Waals surface area contributed by atoms with E-state index < -0.39 is 0 Å². The van der Waals surface area contributed by atoms with E-state index >= 15 is 0 Å². The van der Waals surface area contributed by atoms with Crippen LogP contribution in [0.15, 0.2) is 18.5 Å². The molecule has 88 valence electrons. The van der Waals surface area contributed by atoms with Gasteiger partial charge in [0.05, 0.1) is 10.7 Å². The van der Waals surface area contributed by atoms with Gasteiger partial charge in [-0.1, -0.05) is 11.6 Å². The molecule has 2 heterocycles. The summed E-state index contributed by atoms with van der Waals surface area (Å²) in [5.74, 6) is 0.711. The van der Waals surface area contributed by atoms with E-state index in [0.29, 0.717) is 5.92 Å². The van der Waals surface area contributed by atoms with Crippen LogP contribution in [0.2, 0.25) is 5.02 Å². The second-order valence-corrected chi connectivity index (χ2v) is 4.77. The second-order valence-electron chi connectivity index (χ2n) is 4.36. The molecule has 2 N–H and O–H groups in total. The zero-order chi connectivity index (χ0) is 11.4. The number of pyridine rings is 1. The standard InChI is InChI=1S/C12H18ClN3/c13-11-8-15-6-4-12(11)16-7-1-2-10(9-16)3-5-14/h4,6,8,10H,1-3,5,7,9,14H2. The van der Waals surface area contributed by atoms with Gasteiger partial charge in [0, 0.05) is 25.5 Å². The molecule has 0 aromatic carbocycles. The first kappa shape index (κ1) is 11.7. The first-order chi connectivity index (χ1) is 7.81. The molecule has 1 aromatic rings.